The molecule has 152 valence electrons. The van der Waals surface area contributed by atoms with Gasteiger partial charge in [0.1, 0.15) is 17.5 Å². The Hall–Kier alpha value is -3.74. The first-order chi connectivity index (χ1) is 13.8. The summed E-state index contributed by atoms with van der Waals surface area (Å²) in [6, 6.07) is 0. The van der Waals surface area contributed by atoms with Gasteiger partial charge in [-0.2, -0.15) is 0 Å². The third-order valence-electron chi connectivity index (χ3n) is 4.27. The molecule has 0 fully saturated rings. The number of esters is 1. The van der Waals surface area contributed by atoms with Crippen LogP contribution in [-0.2, 0) is 14.3 Å². The van der Waals surface area contributed by atoms with Gasteiger partial charge in [0, 0.05) is 0 Å². The van der Waals surface area contributed by atoms with E-state index in [-0.39, 0.29) is 47.5 Å². The molecule has 2 heterocycles. The van der Waals surface area contributed by atoms with Crippen LogP contribution >= 0.6 is 0 Å². The monoisotopic (exact) mass is 403 g/mol. The number of ketones is 2. The molecular weight excluding hydrogens is 386 g/mol. The second-order valence-corrected chi connectivity index (χ2v) is 6.18. The Balaban J connectivity index is 2.21. The summed E-state index contributed by atoms with van der Waals surface area (Å²) in [6.07, 6.45) is 4.49. The largest absolute Gasteiger partial charge is 0.469 e. The highest BCUT2D eigenvalue weighted by molar-refractivity contribution is 6.09. The van der Waals surface area contributed by atoms with Crippen molar-refractivity contribution in [3.8, 4) is 35.3 Å². The van der Waals surface area contributed by atoms with Crippen LogP contribution in [0.2, 0.25) is 0 Å². The fourth-order valence-corrected chi connectivity index (χ4v) is 3.04. The number of rotatable bonds is 6. The van der Waals surface area contributed by atoms with Gasteiger partial charge in [0.2, 0.25) is 6.79 Å². The van der Waals surface area contributed by atoms with Crippen LogP contribution < -0.4 is 24.3 Å². The number of carbonyl (C=O) groups excluding carboxylic acids is 4. The van der Waals surface area contributed by atoms with Crippen LogP contribution in [0.5, 0.6) is 23.0 Å². The Kier molecular flexibility index (Phi) is 5.07. The molecule has 1 N–H and O–H groups in total. The molecule has 0 radical (unpaired) electrons. The van der Waals surface area contributed by atoms with Crippen molar-refractivity contribution >= 4 is 23.4 Å². The van der Waals surface area contributed by atoms with Crippen molar-refractivity contribution in [3.05, 3.63) is 11.1 Å². The van der Waals surface area contributed by atoms with Crippen LogP contribution in [0.3, 0.4) is 0 Å². The summed E-state index contributed by atoms with van der Waals surface area (Å²) in [6.45, 7) is 2.10. The van der Waals surface area contributed by atoms with Crippen LogP contribution in [0.4, 0.5) is 0 Å². The van der Waals surface area contributed by atoms with Crippen LogP contribution in [0, 0.1) is 12.3 Å². The summed E-state index contributed by atoms with van der Waals surface area (Å²) in [5, 5.41) is 2.37. The molecule has 0 aliphatic carbocycles. The summed E-state index contributed by atoms with van der Waals surface area (Å²) >= 11 is 0. The van der Waals surface area contributed by atoms with E-state index >= 15 is 0 Å². The van der Waals surface area contributed by atoms with Gasteiger partial charge in [-0.3, -0.25) is 19.2 Å². The van der Waals surface area contributed by atoms with Crippen LogP contribution in [-0.4, -0.2) is 49.7 Å². The van der Waals surface area contributed by atoms with E-state index in [9.17, 15) is 19.2 Å². The minimum Gasteiger partial charge on any atom is -0.469 e. The van der Waals surface area contributed by atoms with E-state index in [0.29, 0.717) is 0 Å². The molecule has 0 unspecified atom stereocenters. The van der Waals surface area contributed by atoms with Crippen molar-refractivity contribution in [2.45, 2.75) is 26.1 Å². The fourth-order valence-electron chi connectivity index (χ4n) is 3.04. The van der Waals surface area contributed by atoms with Gasteiger partial charge in [0.05, 0.1) is 13.7 Å². The minimum absolute atomic E-state index is 0.00273. The number of Topliss-reactive ketones (excluding diaryl/α,β-unsaturated/α-hetero) is 2. The first kappa shape index (κ1) is 20.0. The number of amides is 1. The highest BCUT2D eigenvalue weighted by Gasteiger charge is 2.55. The normalized spacial score (nSPS) is 14.7. The third-order valence-corrected chi connectivity index (χ3v) is 4.27. The molecule has 10 nitrogen and oxygen atoms in total. The van der Waals surface area contributed by atoms with Gasteiger partial charge in [0.25, 0.3) is 0 Å². The Morgan fingerprint density at radius 3 is 1.97 bits per heavy atom. The SMILES string of the molecule is C#CCNC(=O)C1(CC(=O)OC)Oc2c(c(C(C)=O)c3c(c2C(C)=O)OCO3)O1. The summed E-state index contributed by atoms with van der Waals surface area (Å²) in [7, 11) is 1.12. The maximum absolute atomic E-state index is 12.8. The molecule has 0 spiro atoms. The van der Waals surface area contributed by atoms with Crippen molar-refractivity contribution in [3.63, 3.8) is 0 Å². The Morgan fingerprint density at radius 2 is 1.55 bits per heavy atom. The van der Waals surface area contributed by atoms with Crippen molar-refractivity contribution in [1.29, 1.82) is 0 Å². The number of fused-ring (bicyclic) bond motifs is 2. The second-order valence-electron chi connectivity index (χ2n) is 6.18. The van der Waals surface area contributed by atoms with Crippen molar-refractivity contribution in [2.75, 3.05) is 20.4 Å². The zero-order valence-electron chi connectivity index (χ0n) is 15.9. The number of ether oxygens (including phenoxy) is 5. The van der Waals surface area contributed by atoms with E-state index in [4.69, 9.17) is 25.4 Å². The lowest BCUT2D eigenvalue weighted by atomic mass is 10.0. The van der Waals surface area contributed by atoms with Gasteiger partial charge in [0.15, 0.2) is 34.6 Å². The molecular formula is C19H17NO9. The van der Waals surface area contributed by atoms with Gasteiger partial charge >= 0.3 is 17.7 Å². The number of hydrogen-bond acceptors (Lipinski definition) is 9. The lowest BCUT2D eigenvalue weighted by molar-refractivity contribution is -0.170. The minimum atomic E-state index is -2.24. The quantitative estimate of drug-likeness (QED) is 0.413. The van der Waals surface area contributed by atoms with Crippen molar-refractivity contribution in [1.82, 2.24) is 5.32 Å². The Morgan fingerprint density at radius 1 is 1.03 bits per heavy atom. The highest BCUT2D eigenvalue weighted by atomic mass is 16.7. The fraction of sp³-hybridized carbons (Fsp3) is 0.368. The molecule has 2 aliphatic heterocycles. The molecule has 1 amide bonds. The summed E-state index contributed by atoms with van der Waals surface area (Å²) < 4.78 is 26.8. The van der Waals surface area contributed by atoms with E-state index in [1.807, 2.05) is 0 Å². The lowest BCUT2D eigenvalue weighted by Gasteiger charge is -2.25. The lowest BCUT2D eigenvalue weighted by Crippen LogP contribution is -2.54. The third kappa shape index (κ3) is 3.20. The highest BCUT2D eigenvalue weighted by Crippen LogP contribution is 2.55. The van der Waals surface area contributed by atoms with E-state index in [1.54, 1.807) is 0 Å². The summed E-state index contributed by atoms with van der Waals surface area (Å²) in [4.78, 5) is 49.3. The van der Waals surface area contributed by atoms with E-state index in [1.165, 1.54) is 13.8 Å². The summed E-state index contributed by atoms with van der Waals surface area (Å²) in [5.41, 5.74) is -0.150. The molecule has 29 heavy (non-hydrogen) atoms. The number of methoxy groups -OCH3 is 1. The van der Waals surface area contributed by atoms with Crippen LogP contribution in [0.25, 0.3) is 0 Å². The maximum atomic E-state index is 12.8. The van der Waals surface area contributed by atoms with E-state index in [2.05, 4.69) is 16.0 Å². The molecule has 0 saturated carbocycles. The van der Waals surface area contributed by atoms with Gasteiger partial charge < -0.3 is 29.0 Å². The predicted octanol–water partition coefficient (Wildman–Crippen LogP) is 0.600. The Labute approximate surface area is 165 Å². The summed E-state index contributed by atoms with van der Waals surface area (Å²) in [5.74, 6) is -3.11. The first-order valence-corrected chi connectivity index (χ1v) is 8.43. The second kappa shape index (κ2) is 7.35. The number of carbonyl (C=O) groups is 4. The average Bonchev–Trinajstić information content (AvgIpc) is 3.27. The van der Waals surface area contributed by atoms with Crippen LogP contribution in [0.15, 0.2) is 0 Å². The van der Waals surface area contributed by atoms with Gasteiger partial charge in [-0.1, -0.05) is 5.92 Å². The molecule has 0 aromatic heterocycles. The molecule has 3 rings (SSSR count). The number of benzene rings is 1. The molecule has 10 heteroatoms. The molecule has 1 aromatic rings. The van der Waals surface area contributed by atoms with E-state index < -0.39 is 35.7 Å². The first-order valence-electron chi connectivity index (χ1n) is 8.43. The molecule has 0 saturated heterocycles. The smallest absolute Gasteiger partial charge is 0.343 e. The molecule has 1 aromatic carbocycles. The topological polar surface area (TPSA) is 126 Å². The van der Waals surface area contributed by atoms with Gasteiger partial charge in [-0.25, -0.2) is 0 Å². The average molecular weight is 403 g/mol. The van der Waals surface area contributed by atoms with Gasteiger partial charge in [-0.05, 0) is 13.8 Å². The van der Waals surface area contributed by atoms with Gasteiger partial charge in [-0.15, -0.1) is 6.42 Å². The Bertz CT molecular complexity index is 922. The zero-order valence-corrected chi connectivity index (χ0v) is 15.9. The van der Waals surface area contributed by atoms with E-state index in [0.717, 1.165) is 7.11 Å². The molecule has 0 atom stereocenters. The van der Waals surface area contributed by atoms with Crippen LogP contribution in [0.1, 0.15) is 41.0 Å². The maximum Gasteiger partial charge on any atom is 0.343 e. The number of hydrogen-bond donors (Lipinski definition) is 1. The number of nitrogens with one attached hydrogen (secondary N) is 1. The predicted molar refractivity (Wildman–Crippen MR) is 95.0 cm³/mol. The molecule has 0 bridgehead atoms. The molecule has 2 aliphatic rings. The number of terminal acetylenes is 1. The zero-order chi connectivity index (χ0) is 21.3. The van der Waals surface area contributed by atoms with Crippen molar-refractivity contribution < 1.29 is 42.9 Å². The standard InChI is InChI=1S/C19H17NO9/c1-5-6-20-18(24)19(7-11(23)25-4)28-16-12(9(2)21)14-15(27-8-26-14)13(10(3)22)17(16)29-19/h1H,6-8H2,2-4H3,(H,20,24). The van der Waals surface area contributed by atoms with Crippen molar-refractivity contribution in [2.24, 2.45) is 0 Å².